The number of nitrogens with one attached hydrogen (secondary N) is 1. The van der Waals surface area contributed by atoms with Gasteiger partial charge in [0.2, 0.25) is 0 Å². The van der Waals surface area contributed by atoms with Crippen LogP contribution in [0.5, 0.6) is 0 Å². The van der Waals surface area contributed by atoms with E-state index in [0.717, 1.165) is 6.20 Å². The average molecular weight is 225 g/mol. The van der Waals surface area contributed by atoms with Gasteiger partial charge < -0.3 is 4.98 Å². The van der Waals surface area contributed by atoms with Crippen LogP contribution in [-0.2, 0) is 0 Å². The lowest BCUT2D eigenvalue weighted by Crippen LogP contribution is -2.14. The van der Waals surface area contributed by atoms with Crippen LogP contribution in [-0.4, -0.2) is 9.91 Å². The van der Waals surface area contributed by atoms with Crippen molar-refractivity contribution < 1.29 is 13.7 Å². The fourth-order valence-corrected chi connectivity index (χ4v) is 1.13. The summed E-state index contributed by atoms with van der Waals surface area (Å²) in [7, 11) is 0. The zero-order valence-electron chi connectivity index (χ0n) is 6.46. The molecule has 1 heterocycles. The first-order valence-electron chi connectivity index (χ1n) is 3.28. The molecule has 0 saturated carbocycles. The third kappa shape index (κ3) is 1.72. The Labute approximate surface area is 80.5 Å². The predicted molar refractivity (Wildman–Crippen MR) is 43.7 cm³/mol. The second kappa shape index (κ2) is 3.70. The Balaban J connectivity index is 3.58. The highest BCUT2D eigenvalue weighted by molar-refractivity contribution is 6.31. The van der Waals surface area contributed by atoms with E-state index >= 15 is 0 Å². The summed E-state index contributed by atoms with van der Waals surface area (Å²) in [5.74, 6) is 0. The molecule has 8 heteroatoms. The molecule has 0 saturated heterocycles. The van der Waals surface area contributed by atoms with Crippen molar-refractivity contribution in [2.45, 2.75) is 6.43 Å². The smallest absolute Gasteiger partial charge is 0.322 e. The Kier molecular flexibility index (Phi) is 2.80. The molecule has 0 aliphatic carbocycles. The van der Waals surface area contributed by atoms with Crippen LogP contribution < -0.4 is 5.56 Å². The molecule has 0 unspecified atom stereocenters. The summed E-state index contributed by atoms with van der Waals surface area (Å²) in [4.78, 5) is 21.8. The molecule has 0 spiro atoms. The van der Waals surface area contributed by atoms with Crippen LogP contribution in [0.4, 0.5) is 14.5 Å². The topological polar surface area (TPSA) is 76.0 Å². The highest BCUT2D eigenvalue weighted by Gasteiger charge is 2.28. The average Bonchev–Trinajstić information content (AvgIpc) is 2.07. The van der Waals surface area contributed by atoms with Crippen LogP contribution >= 0.6 is 11.6 Å². The standard InChI is InChI=1S/C6H3ClF2N2O3/c7-2-1-10-6(12)4(11(13)14)3(2)5(8)9/h1,5H,(H,10,12). The summed E-state index contributed by atoms with van der Waals surface area (Å²) >= 11 is 5.29. The molecule has 76 valence electrons. The zero-order chi connectivity index (χ0) is 10.9. The minimum absolute atomic E-state index is 0.536. The molecule has 0 bridgehead atoms. The van der Waals surface area contributed by atoms with Gasteiger partial charge in [-0.2, -0.15) is 0 Å². The molecule has 0 fully saturated rings. The van der Waals surface area contributed by atoms with Crippen LogP contribution in [0.1, 0.15) is 12.0 Å². The molecule has 0 amide bonds. The monoisotopic (exact) mass is 224 g/mol. The van der Waals surface area contributed by atoms with E-state index in [1.165, 1.54) is 0 Å². The Morgan fingerprint density at radius 3 is 2.50 bits per heavy atom. The van der Waals surface area contributed by atoms with Crippen LogP contribution in [0.15, 0.2) is 11.0 Å². The summed E-state index contributed by atoms with van der Waals surface area (Å²) in [5, 5.41) is 9.76. The number of nitrogens with zero attached hydrogens (tertiary/aromatic N) is 1. The number of hydrogen-bond acceptors (Lipinski definition) is 3. The maximum atomic E-state index is 12.3. The third-order valence-corrected chi connectivity index (χ3v) is 1.77. The number of pyridine rings is 1. The van der Waals surface area contributed by atoms with Gasteiger partial charge in [-0.05, 0) is 0 Å². The van der Waals surface area contributed by atoms with E-state index in [1.807, 2.05) is 4.98 Å². The molecule has 1 aromatic heterocycles. The van der Waals surface area contributed by atoms with Gasteiger partial charge in [-0.1, -0.05) is 11.6 Å². The summed E-state index contributed by atoms with van der Waals surface area (Å²) < 4.78 is 24.6. The van der Waals surface area contributed by atoms with Crippen LogP contribution in [0.25, 0.3) is 0 Å². The van der Waals surface area contributed by atoms with Gasteiger partial charge in [0.1, 0.15) is 5.56 Å². The molecule has 1 aromatic rings. The number of aromatic nitrogens is 1. The zero-order valence-corrected chi connectivity index (χ0v) is 7.22. The number of halogens is 3. The summed E-state index contributed by atoms with van der Waals surface area (Å²) in [6.45, 7) is 0. The number of nitro groups is 1. The van der Waals surface area contributed by atoms with E-state index in [1.54, 1.807) is 0 Å². The van der Waals surface area contributed by atoms with E-state index in [-0.39, 0.29) is 0 Å². The number of H-pyrrole nitrogens is 1. The van der Waals surface area contributed by atoms with Crippen molar-refractivity contribution >= 4 is 17.3 Å². The van der Waals surface area contributed by atoms with Crippen molar-refractivity contribution in [1.29, 1.82) is 0 Å². The van der Waals surface area contributed by atoms with E-state index in [0.29, 0.717) is 0 Å². The van der Waals surface area contributed by atoms with E-state index in [9.17, 15) is 23.7 Å². The summed E-state index contributed by atoms with van der Waals surface area (Å²) in [5.41, 5.74) is -3.47. The van der Waals surface area contributed by atoms with Crippen molar-refractivity contribution in [2.75, 3.05) is 0 Å². The highest BCUT2D eigenvalue weighted by atomic mass is 35.5. The Morgan fingerprint density at radius 2 is 2.14 bits per heavy atom. The SMILES string of the molecule is O=c1[nH]cc(Cl)c(C(F)F)c1[N+](=O)[O-]. The first-order chi connectivity index (χ1) is 6.45. The van der Waals surface area contributed by atoms with Gasteiger partial charge in [0, 0.05) is 6.20 Å². The van der Waals surface area contributed by atoms with Crippen molar-refractivity contribution in [1.82, 2.24) is 4.98 Å². The lowest BCUT2D eigenvalue weighted by atomic mass is 10.2. The molecule has 0 aromatic carbocycles. The molecule has 0 aliphatic rings. The Hall–Kier alpha value is -1.50. The quantitative estimate of drug-likeness (QED) is 0.615. The van der Waals surface area contributed by atoms with Gasteiger partial charge in [0.25, 0.3) is 6.43 Å². The third-order valence-electron chi connectivity index (χ3n) is 1.46. The maximum Gasteiger partial charge on any atom is 0.344 e. The Bertz CT molecular complexity index is 432. The van der Waals surface area contributed by atoms with Crippen molar-refractivity contribution in [2.24, 2.45) is 0 Å². The molecule has 0 atom stereocenters. The fraction of sp³-hybridized carbons (Fsp3) is 0.167. The molecule has 1 N–H and O–H groups in total. The van der Waals surface area contributed by atoms with Gasteiger partial charge in [0.15, 0.2) is 0 Å². The van der Waals surface area contributed by atoms with E-state index in [2.05, 4.69) is 0 Å². The van der Waals surface area contributed by atoms with Gasteiger partial charge >= 0.3 is 11.2 Å². The second-order valence-electron chi connectivity index (χ2n) is 2.29. The van der Waals surface area contributed by atoms with Gasteiger partial charge in [-0.3, -0.25) is 14.9 Å². The molecular weight excluding hydrogens is 222 g/mol. The fourth-order valence-electron chi connectivity index (χ4n) is 0.899. The molecule has 0 radical (unpaired) electrons. The van der Waals surface area contributed by atoms with Gasteiger partial charge in [-0.25, -0.2) is 8.78 Å². The van der Waals surface area contributed by atoms with Crippen molar-refractivity contribution in [3.8, 4) is 0 Å². The summed E-state index contributed by atoms with van der Waals surface area (Å²) in [6, 6.07) is 0. The highest BCUT2D eigenvalue weighted by Crippen LogP contribution is 2.31. The normalized spacial score (nSPS) is 10.6. The second-order valence-corrected chi connectivity index (χ2v) is 2.69. The van der Waals surface area contributed by atoms with Crippen LogP contribution in [0.2, 0.25) is 5.02 Å². The summed E-state index contributed by atoms with van der Waals surface area (Å²) in [6.07, 6.45) is -2.37. The Morgan fingerprint density at radius 1 is 1.57 bits per heavy atom. The van der Waals surface area contributed by atoms with E-state index in [4.69, 9.17) is 11.6 Å². The van der Waals surface area contributed by atoms with Gasteiger partial charge in [0.05, 0.1) is 9.95 Å². The molecule has 0 aliphatic heterocycles. The first-order valence-corrected chi connectivity index (χ1v) is 3.66. The van der Waals surface area contributed by atoms with Gasteiger partial charge in [-0.15, -0.1) is 0 Å². The van der Waals surface area contributed by atoms with Crippen LogP contribution in [0, 0.1) is 10.1 Å². The predicted octanol–water partition coefficient (Wildman–Crippen LogP) is 1.87. The minimum Gasteiger partial charge on any atom is -0.322 e. The number of hydrogen-bond donors (Lipinski definition) is 1. The van der Waals surface area contributed by atoms with Crippen LogP contribution in [0.3, 0.4) is 0 Å². The van der Waals surface area contributed by atoms with Crippen molar-refractivity contribution in [3.05, 3.63) is 37.3 Å². The largest absolute Gasteiger partial charge is 0.344 e. The lowest BCUT2D eigenvalue weighted by molar-refractivity contribution is -0.387. The number of rotatable bonds is 2. The molecular formula is C6H3ClF2N2O3. The minimum atomic E-state index is -3.16. The van der Waals surface area contributed by atoms with Crippen molar-refractivity contribution in [3.63, 3.8) is 0 Å². The first kappa shape index (κ1) is 10.6. The lowest BCUT2D eigenvalue weighted by Gasteiger charge is -2.01. The maximum absolute atomic E-state index is 12.3. The molecule has 1 rings (SSSR count). The number of alkyl halides is 2. The van der Waals surface area contributed by atoms with E-state index < -0.39 is 33.2 Å². The molecule has 5 nitrogen and oxygen atoms in total. The molecule has 14 heavy (non-hydrogen) atoms. The number of aromatic amines is 1.